The molecule has 1 fully saturated rings. The molecule has 0 aliphatic carbocycles. The van der Waals surface area contributed by atoms with Gasteiger partial charge in [-0.15, -0.1) is 5.10 Å². The highest BCUT2D eigenvalue weighted by Gasteiger charge is 2.26. The summed E-state index contributed by atoms with van der Waals surface area (Å²) in [5, 5.41) is 4.53. The van der Waals surface area contributed by atoms with Crippen LogP contribution in [0.5, 0.6) is 0 Å². The molecule has 1 aliphatic heterocycles. The number of rotatable bonds is 1. The highest BCUT2D eigenvalue weighted by Crippen LogP contribution is 2.16. The maximum atomic E-state index is 12.1. The van der Waals surface area contributed by atoms with Crippen LogP contribution < -0.4 is 4.90 Å². The van der Waals surface area contributed by atoms with Gasteiger partial charge < -0.3 is 14.5 Å². The molecule has 0 saturated carbocycles. The van der Waals surface area contributed by atoms with Crippen LogP contribution in [0.3, 0.4) is 0 Å². The van der Waals surface area contributed by atoms with Crippen molar-refractivity contribution < 1.29 is 9.53 Å². The Morgan fingerprint density at radius 3 is 2.59 bits per heavy atom. The minimum atomic E-state index is -0.456. The van der Waals surface area contributed by atoms with Gasteiger partial charge in [-0.2, -0.15) is 0 Å². The number of ether oxygens (including phenoxy) is 1. The van der Waals surface area contributed by atoms with Crippen molar-refractivity contribution >= 4 is 17.6 Å². The van der Waals surface area contributed by atoms with Crippen LogP contribution in [0.15, 0.2) is 24.5 Å². The van der Waals surface area contributed by atoms with E-state index in [1.165, 1.54) is 0 Å². The Balaban J connectivity index is 1.62. The lowest BCUT2D eigenvalue weighted by atomic mass is 10.2. The van der Waals surface area contributed by atoms with E-state index in [2.05, 4.69) is 15.0 Å². The molecule has 1 saturated heterocycles. The molecule has 118 valence electrons. The molecule has 0 atom stereocenters. The summed E-state index contributed by atoms with van der Waals surface area (Å²) in [7, 11) is 0. The van der Waals surface area contributed by atoms with Crippen LogP contribution in [0.25, 0.3) is 5.65 Å². The molecule has 1 aliphatic rings. The minimum Gasteiger partial charge on any atom is -0.444 e. The second-order valence-electron chi connectivity index (χ2n) is 6.38. The highest BCUT2D eigenvalue weighted by molar-refractivity contribution is 5.68. The van der Waals surface area contributed by atoms with Crippen LogP contribution in [-0.4, -0.2) is 57.4 Å². The van der Waals surface area contributed by atoms with Gasteiger partial charge in [0.15, 0.2) is 5.65 Å². The van der Waals surface area contributed by atoms with E-state index in [1.54, 1.807) is 15.6 Å². The molecule has 22 heavy (non-hydrogen) atoms. The molecule has 0 aromatic carbocycles. The second-order valence-corrected chi connectivity index (χ2v) is 6.38. The third-order valence-corrected chi connectivity index (χ3v) is 3.50. The average Bonchev–Trinajstić information content (AvgIpc) is 2.93. The van der Waals surface area contributed by atoms with E-state index in [-0.39, 0.29) is 6.09 Å². The van der Waals surface area contributed by atoms with Gasteiger partial charge in [-0.05, 0) is 32.9 Å². The van der Waals surface area contributed by atoms with Crippen molar-refractivity contribution in [3.63, 3.8) is 0 Å². The molecule has 0 spiro atoms. The topological polar surface area (TPSA) is 63.0 Å². The first-order chi connectivity index (χ1) is 10.4. The van der Waals surface area contributed by atoms with Gasteiger partial charge in [0, 0.05) is 38.6 Å². The zero-order chi connectivity index (χ0) is 15.7. The lowest BCUT2D eigenvalue weighted by Gasteiger charge is -2.36. The molecule has 7 nitrogen and oxygen atoms in total. The Kier molecular flexibility index (Phi) is 3.64. The first kappa shape index (κ1) is 14.6. The number of amides is 1. The number of nitrogens with zero attached hydrogens (tertiary/aromatic N) is 5. The van der Waals surface area contributed by atoms with Crippen LogP contribution in [0.1, 0.15) is 20.8 Å². The van der Waals surface area contributed by atoms with Gasteiger partial charge in [-0.25, -0.2) is 14.3 Å². The van der Waals surface area contributed by atoms with E-state index < -0.39 is 5.60 Å². The van der Waals surface area contributed by atoms with Gasteiger partial charge in [-0.3, -0.25) is 0 Å². The number of piperazine rings is 1. The predicted octanol–water partition coefficient (Wildman–Crippen LogP) is 1.79. The zero-order valence-electron chi connectivity index (χ0n) is 13.2. The van der Waals surface area contributed by atoms with E-state index in [9.17, 15) is 4.79 Å². The summed E-state index contributed by atoms with van der Waals surface area (Å²) in [6.45, 7) is 8.40. The summed E-state index contributed by atoms with van der Waals surface area (Å²) in [6.07, 6.45) is 3.31. The molecule has 0 radical (unpaired) electrons. The standard InChI is InChI=1S/C15H21N5O2/c1-15(2,3)22-14(21)19-10-8-18(9-11-19)13-5-4-12-16-6-7-20(12)17-13/h4-7H,8-11H2,1-3H3. The van der Waals surface area contributed by atoms with Crippen LogP contribution in [0.4, 0.5) is 10.6 Å². The molecule has 2 aromatic rings. The number of anilines is 1. The van der Waals surface area contributed by atoms with Gasteiger partial charge in [0.1, 0.15) is 11.4 Å². The molecule has 0 bridgehead atoms. The Bertz CT molecular complexity index is 668. The maximum Gasteiger partial charge on any atom is 0.410 e. The Hall–Kier alpha value is -2.31. The summed E-state index contributed by atoms with van der Waals surface area (Å²) in [5.41, 5.74) is 0.374. The first-order valence-corrected chi connectivity index (χ1v) is 7.46. The summed E-state index contributed by atoms with van der Waals surface area (Å²) in [4.78, 5) is 20.2. The van der Waals surface area contributed by atoms with Crippen LogP contribution >= 0.6 is 0 Å². The van der Waals surface area contributed by atoms with Gasteiger partial charge >= 0.3 is 6.09 Å². The number of carbonyl (C=O) groups is 1. The fraction of sp³-hybridized carbons (Fsp3) is 0.533. The average molecular weight is 303 g/mol. The lowest BCUT2D eigenvalue weighted by Crippen LogP contribution is -2.50. The number of fused-ring (bicyclic) bond motifs is 1. The molecular weight excluding hydrogens is 282 g/mol. The molecule has 0 N–H and O–H groups in total. The highest BCUT2D eigenvalue weighted by atomic mass is 16.6. The van der Waals surface area contributed by atoms with Crippen molar-refractivity contribution in [1.82, 2.24) is 19.5 Å². The van der Waals surface area contributed by atoms with Crippen molar-refractivity contribution in [3.8, 4) is 0 Å². The fourth-order valence-corrected chi connectivity index (χ4v) is 2.42. The molecule has 0 unspecified atom stereocenters. The van der Waals surface area contributed by atoms with Crippen molar-refractivity contribution in [2.24, 2.45) is 0 Å². The normalized spacial score (nSPS) is 16.1. The quantitative estimate of drug-likeness (QED) is 0.803. The van der Waals surface area contributed by atoms with Crippen LogP contribution in [0.2, 0.25) is 0 Å². The predicted molar refractivity (Wildman–Crippen MR) is 83.0 cm³/mol. The van der Waals surface area contributed by atoms with Crippen molar-refractivity contribution in [2.75, 3.05) is 31.1 Å². The SMILES string of the molecule is CC(C)(C)OC(=O)N1CCN(c2ccc3nccn3n2)CC1. The van der Waals surface area contributed by atoms with E-state index in [1.807, 2.05) is 39.1 Å². The Morgan fingerprint density at radius 1 is 1.18 bits per heavy atom. The Morgan fingerprint density at radius 2 is 1.91 bits per heavy atom. The number of hydrogen-bond donors (Lipinski definition) is 0. The summed E-state index contributed by atoms with van der Waals surface area (Å²) < 4.78 is 7.17. The van der Waals surface area contributed by atoms with Crippen LogP contribution in [-0.2, 0) is 4.74 Å². The third kappa shape index (κ3) is 3.13. The van der Waals surface area contributed by atoms with Crippen LogP contribution in [0, 0.1) is 0 Å². The number of carbonyl (C=O) groups excluding carboxylic acids is 1. The van der Waals surface area contributed by atoms with Gasteiger partial charge in [-0.1, -0.05) is 0 Å². The molecule has 2 aromatic heterocycles. The maximum absolute atomic E-state index is 12.1. The number of hydrogen-bond acceptors (Lipinski definition) is 5. The monoisotopic (exact) mass is 303 g/mol. The smallest absolute Gasteiger partial charge is 0.410 e. The molecule has 3 heterocycles. The Labute approximate surface area is 129 Å². The van der Waals surface area contributed by atoms with Crippen molar-refractivity contribution in [3.05, 3.63) is 24.5 Å². The van der Waals surface area contributed by atoms with Gasteiger partial charge in [0.25, 0.3) is 0 Å². The molecule has 1 amide bonds. The van der Waals surface area contributed by atoms with E-state index in [0.717, 1.165) is 24.6 Å². The molecule has 3 rings (SSSR count). The third-order valence-electron chi connectivity index (χ3n) is 3.50. The number of imidazole rings is 1. The summed E-state index contributed by atoms with van der Waals surface area (Å²) in [5.74, 6) is 0.898. The lowest BCUT2D eigenvalue weighted by molar-refractivity contribution is 0.0240. The van der Waals surface area contributed by atoms with Crippen molar-refractivity contribution in [1.29, 1.82) is 0 Å². The minimum absolute atomic E-state index is 0.245. The summed E-state index contributed by atoms with van der Waals surface area (Å²) in [6, 6.07) is 3.91. The number of aromatic nitrogens is 3. The second kappa shape index (κ2) is 5.47. The van der Waals surface area contributed by atoms with Crippen molar-refractivity contribution in [2.45, 2.75) is 26.4 Å². The van der Waals surface area contributed by atoms with Gasteiger partial charge in [0.2, 0.25) is 0 Å². The first-order valence-electron chi connectivity index (χ1n) is 7.46. The van der Waals surface area contributed by atoms with E-state index in [0.29, 0.717) is 13.1 Å². The fourth-order valence-electron chi connectivity index (χ4n) is 2.42. The molecule has 7 heteroatoms. The molecular formula is C15H21N5O2. The largest absolute Gasteiger partial charge is 0.444 e. The van der Waals surface area contributed by atoms with E-state index in [4.69, 9.17) is 4.74 Å². The van der Waals surface area contributed by atoms with E-state index >= 15 is 0 Å². The zero-order valence-corrected chi connectivity index (χ0v) is 13.2. The summed E-state index contributed by atoms with van der Waals surface area (Å²) >= 11 is 0. The van der Waals surface area contributed by atoms with Gasteiger partial charge in [0.05, 0.1) is 0 Å².